The highest BCUT2D eigenvalue weighted by molar-refractivity contribution is 5.98. The lowest BCUT2D eigenvalue weighted by Crippen LogP contribution is -2.30. The molecule has 8 rings (SSSR count). The van der Waals surface area contributed by atoms with Crippen LogP contribution in [0.1, 0.15) is 5.56 Å². The van der Waals surface area contributed by atoms with Crippen molar-refractivity contribution in [3.63, 3.8) is 0 Å². The lowest BCUT2D eigenvalue weighted by Gasteiger charge is -2.22. The number of nitriles is 1. The van der Waals surface area contributed by atoms with Crippen LogP contribution >= 0.6 is 0 Å². The van der Waals surface area contributed by atoms with E-state index in [1.54, 1.807) is 0 Å². The van der Waals surface area contributed by atoms with Gasteiger partial charge in [-0.25, -0.2) is 0 Å². The van der Waals surface area contributed by atoms with Gasteiger partial charge in [0, 0.05) is 11.8 Å². The first-order valence-electron chi connectivity index (χ1n) is 14.5. The van der Waals surface area contributed by atoms with Gasteiger partial charge in [-0.05, 0) is 86.1 Å². The van der Waals surface area contributed by atoms with Crippen LogP contribution in [0.3, 0.4) is 0 Å². The molecule has 1 N–H and O–H groups in total. The largest absolute Gasteiger partial charge is 0.359 e. The van der Waals surface area contributed by atoms with Gasteiger partial charge >= 0.3 is 0 Å². The minimum absolute atomic E-state index is 0.0978. The maximum absolute atomic E-state index is 9.16. The second kappa shape index (κ2) is 10.2. The van der Waals surface area contributed by atoms with Crippen molar-refractivity contribution in [2.75, 3.05) is 10.2 Å². The van der Waals surface area contributed by atoms with Crippen LogP contribution in [-0.4, -0.2) is 6.17 Å². The minimum Gasteiger partial charge on any atom is -0.359 e. The van der Waals surface area contributed by atoms with E-state index in [1.165, 1.54) is 44.3 Å². The van der Waals surface area contributed by atoms with Crippen molar-refractivity contribution in [3.8, 4) is 50.6 Å². The van der Waals surface area contributed by atoms with Gasteiger partial charge in [-0.1, -0.05) is 109 Å². The number of nitrogens with zero attached hydrogens (tertiary/aromatic N) is 2. The summed E-state index contributed by atoms with van der Waals surface area (Å²) in [6, 6.07) is 47.3. The molecule has 0 bridgehead atoms. The molecule has 0 saturated heterocycles. The standard InChI is InChI=1S/C40H27N3/c41-26-27-11-13-28(14-12-27)29-15-21-33(22-16-29)37-24-34(25-38-40(37)42-39-10-3-4-23-43(38)39)30-17-19-32(20-18-30)36-9-5-7-31-6-1-2-8-35(31)36/h1-25,39,42H. The Hall–Kier alpha value is -5.85. The van der Waals surface area contributed by atoms with Crippen molar-refractivity contribution in [1.82, 2.24) is 0 Å². The molecule has 0 aromatic heterocycles. The fourth-order valence-corrected chi connectivity index (χ4v) is 6.27. The van der Waals surface area contributed by atoms with Crippen molar-refractivity contribution in [1.29, 1.82) is 5.26 Å². The third kappa shape index (κ3) is 4.38. The van der Waals surface area contributed by atoms with Gasteiger partial charge in [-0.3, -0.25) is 0 Å². The van der Waals surface area contributed by atoms with E-state index in [1.807, 2.05) is 24.3 Å². The Kier molecular flexibility index (Phi) is 5.91. The van der Waals surface area contributed by atoms with E-state index in [0.717, 1.165) is 22.4 Å². The monoisotopic (exact) mass is 549 g/mol. The highest BCUT2D eigenvalue weighted by atomic mass is 15.3. The molecule has 0 saturated carbocycles. The average molecular weight is 550 g/mol. The summed E-state index contributed by atoms with van der Waals surface area (Å²) in [6.45, 7) is 0. The van der Waals surface area contributed by atoms with Crippen LogP contribution in [0.2, 0.25) is 0 Å². The van der Waals surface area contributed by atoms with E-state index in [-0.39, 0.29) is 6.17 Å². The molecule has 3 heteroatoms. The average Bonchev–Trinajstić information content (AvgIpc) is 3.46. The summed E-state index contributed by atoms with van der Waals surface area (Å²) < 4.78 is 0. The molecule has 0 aliphatic carbocycles. The molecule has 1 unspecified atom stereocenters. The maximum atomic E-state index is 9.16. The molecule has 6 aromatic carbocycles. The molecule has 202 valence electrons. The number of benzene rings is 6. The van der Waals surface area contributed by atoms with E-state index in [0.29, 0.717) is 5.56 Å². The summed E-state index contributed by atoms with van der Waals surface area (Å²) in [5.41, 5.74) is 12.4. The van der Waals surface area contributed by atoms with E-state index in [4.69, 9.17) is 5.26 Å². The van der Waals surface area contributed by atoms with Gasteiger partial charge in [0.2, 0.25) is 0 Å². The number of fused-ring (bicyclic) bond motifs is 4. The Morgan fingerprint density at radius 2 is 1.21 bits per heavy atom. The Bertz CT molecular complexity index is 2090. The molecule has 0 radical (unpaired) electrons. The quantitative estimate of drug-likeness (QED) is 0.238. The molecular weight excluding hydrogens is 522 g/mol. The minimum atomic E-state index is 0.0978. The third-order valence-corrected chi connectivity index (χ3v) is 8.50. The van der Waals surface area contributed by atoms with Crippen LogP contribution in [0, 0.1) is 11.3 Å². The van der Waals surface area contributed by atoms with Crippen LogP contribution in [0.15, 0.2) is 152 Å². The Morgan fingerprint density at radius 3 is 1.95 bits per heavy atom. The van der Waals surface area contributed by atoms with Crippen molar-refractivity contribution in [2.45, 2.75) is 6.17 Å². The lowest BCUT2D eigenvalue weighted by atomic mass is 9.93. The lowest BCUT2D eigenvalue weighted by molar-refractivity contribution is 0.908. The summed E-state index contributed by atoms with van der Waals surface area (Å²) in [5.74, 6) is 0. The van der Waals surface area contributed by atoms with Crippen LogP contribution in [0.4, 0.5) is 11.4 Å². The molecular formula is C40H27N3. The summed E-state index contributed by atoms with van der Waals surface area (Å²) in [6.07, 6.45) is 8.62. The zero-order valence-electron chi connectivity index (χ0n) is 23.4. The molecule has 0 spiro atoms. The summed E-state index contributed by atoms with van der Waals surface area (Å²) in [5, 5.41) is 15.4. The van der Waals surface area contributed by atoms with Crippen molar-refractivity contribution in [3.05, 3.63) is 157 Å². The first kappa shape index (κ1) is 24.9. The van der Waals surface area contributed by atoms with E-state index in [9.17, 15) is 0 Å². The van der Waals surface area contributed by atoms with Gasteiger partial charge in [0.15, 0.2) is 0 Å². The van der Waals surface area contributed by atoms with Gasteiger partial charge in [0.1, 0.15) is 6.17 Å². The number of hydrogen-bond acceptors (Lipinski definition) is 3. The predicted octanol–water partition coefficient (Wildman–Crippen LogP) is 10.0. The molecule has 0 fully saturated rings. The highest BCUT2D eigenvalue weighted by Gasteiger charge is 2.29. The Morgan fingerprint density at radius 1 is 0.581 bits per heavy atom. The number of hydrogen-bond donors (Lipinski definition) is 1. The van der Waals surface area contributed by atoms with E-state index in [2.05, 4.69) is 144 Å². The van der Waals surface area contributed by atoms with Crippen LogP contribution in [0.5, 0.6) is 0 Å². The highest BCUT2D eigenvalue weighted by Crippen LogP contribution is 2.46. The fourth-order valence-electron chi connectivity index (χ4n) is 6.27. The second-order valence-electron chi connectivity index (χ2n) is 11.0. The number of allylic oxidation sites excluding steroid dienone is 2. The Balaban J connectivity index is 1.20. The third-order valence-electron chi connectivity index (χ3n) is 8.50. The zero-order chi connectivity index (χ0) is 28.8. The number of anilines is 2. The van der Waals surface area contributed by atoms with E-state index >= 15 is 0 Å². The molecule has 43 heavy (non-hydrogen) atoms. The number of rotatable bonds is 4. The zero-order valence-corrected chi connectivity index (χ0v) is 23.4. The maximum Gasteiger partial charge on any atom is 0.123 e. The molecule has 1 atom stereocenters. The van der Waals surface area contributed by atoms with Crippen LogP contribution in [-0.2, 0) is 0 Å². The van der Waals surface area contributed by atoms with Crippen molar-refractivity contribution >= 4 is 22.1 Å². The molecule has 3 nitrogen and oxygen atoms in total. The van der Waals surface area contributed by atoms with Gasteiger partial charge < -0.3 is 10.2 Å². The first-order valence-corrected chi connectivity index (χ1v) is 14.5. The smallest absolute Gasteiger partial charge is 0.123 e. The summed E-state index contributed by atoms with van der Waals surface area (Å²) in [7, 11) is 0. The van der Waals surface area contributed by atoms with Crippen LogP contribution < -0.4 is 10.2 Å². The molecule has 2 heterocycles. The summed E-state index contributed by atoms with van der Waals surface area (Å²) >= 11 is 0. The van der Waals surface area contributed by atoms with Gasteiger partial charge in [0.05, 0.1) is 23.0 Å². The summed E-state index contributed by atoms with van der Waals surface area (Å²) in [4.78, 5) is 2.30. The van der Waals surface area contributed by atoms with Gasteiger partial charge in [-0.15, -0.1) is 0 Å². The molecule has 0 amide bonds. The molecule has 2 aliphatic heterocycles. The topological polar surface area (TPSA) is 39.1 Å². The van der Waals surface area contributed by atoms with Gasteiger partial charge in [0.25, 0.3) is 0 Å². The Labute approximate surface area is 251 Å². The predicted molar refractivity (Wildman–Crippen MR) is 179 cm³/mol. The second-order valence-corrected chi connectivity index (χ2v) is 11.0. The van der Waals surface area contributed by atoms with Crippen molar-refractivity contribution in [2.24, 2.45) is 0 Å². The van der Waals surface area contributed by atoms with Crippen LogP contribution in [0.25, 0.3) is 55.3 Å². The normalized spacial score (nSPS) is 14.7. The number of nitrogens with one attached hydrogen (secondary N) is 1. The van der Waals surface area contributed by atoms with Gasteiger partial charge in [-0.2, -0.15) is 5.26 Å². The first-order chi connectivity index (χ1) is 21.2. The SMILES string of the molecule is N#Cc1ccc(-c2ccc(-c3cc(-c4ccc(-c5cccc6ccccc56)cc4)cc4c3NC3C=CC=CN43)cc2)cc1. The van der Waals surface area contributed by atoms with E-state index < -0.39 is 0 Å². The van der Waals surface area contributed by atoms with Crippen molar-refractivity contribution < 1.29 is 0 Å². The molecule has 6 aromatic rings. The fraction of sp³-hybridized carbons (Fsp3) is 0.0250. The molecule has 2 aliphatic rings.